The van der Waals surface area contributed by atoms with Crippen LogP contribution in [0.1, 0.15) is 47.5 Å². The number of rotatable bonds is 7. The number of nitrogens with one attached hydrogen (secondary N) is 1. The number of nitrogens with zero attached hydrogens (tertiary/aromatic N) is 3. The van der Waals surface area contributed by atoms with Crippen molar-refractivity contribution < 1.29 is 9.59 Å². The summed E-state index contributed by atoms with van der Waals surface area (Å²) in [5.41, 5.74) is 2.69. The SMILES string of the molecule is CCN(CC)C(=O)c1ccc(NC(=O)CSc2ncnc3sc4c(c23)CCCC4)cc1. The summed E-state index contributed by atoms with van der Waals surface area (Å²) in [6, 6.07) is 7.07. The zero-order valence-electron chi connectivity index (χ0n) is 17.8. The first kappa shape index (κ1) is 21.8. The highest BCUT2D eigenvalue weighted by Crippen LogP contribution is 2.39. The second-order valence-corrected chi connectivity index (χ2v) is 9.51. The van der Waals surface area contributed by atoms with Gasteiger partial charge in [-0.25, -0.2) is 9.97 Å². The lowest BCUT2D eigenvalue weighted by molar-refractivity contribution is -0.113. The molecule has 0 atom stereocenters. The predicted molar refractivity (Wildman–Crippen MR) is 127 cm³/mol. The van der Waals surface area contributed by atoms with E-state index in [9.17, 15) is 9.59 Å². The molecule has 0 bridgehead atoms. The molecule has 1 aliphatic rings. The summed E-state index contributed by atoms with van der Waals surface area (Å²) < 4.78 is 0. The second kappa shape index (κ2) is 9.78. The molecule has 31 heavy (non-hydrogen) atoms. The molecule has 0 saturated heterocycles. The molecular formula is C23H26N4O2S2. The van der Waals surface area contributed by atoms with E-state index in [1.165, 1.54) is 35.0 Å². The molecule has 6 nitrogen and oxygen atoms in total. The van der Waals surface area contributed by atoms with Gasteiger partial charge in [0.15, 0.2) is 0 Å². The third kappa shape index (κ3) is 4.75. The van der Waals surface area contributed by atoms with E-state index in [0.717, 1.165) is 28.1 Å². The van der Waals surface area contributed by atoms with Crippen LogP contribution in [0.4, 0.5) is 5.69 Å². The molecule has 0 radical (unpaired) electrons. The number of carbonyl (C=O) groups is 2. The number of benzene rings is 1. The molecule has 0 spiro atoms. The second-order valence-electron chi connectivity index (χ2n) is 7.46. The molecule has 0 saturated carbocycles. The van der Waals surface area contributed by atoms with Gasteiger partial charge in [0.2, 0.25) is 5.91 Å². The molecule has 4 rings (SSSR count). The fourth-order valence-corrected chi connectivity index (χ4v) is 6.01. The minimum atomic E-state index is -0.0938. The number of thiophene rings is 1. The molecule has 0 aliphatic heterocycles. The van der Waals surface area contributed by atoms with E-state index in [4.69, 9.17) is 0 Å². The van der Waals surface area contributed by atoms with E-state index in [-0.39, 0.29) is 17.6 Å². The Morgan fingerprint density at radius 2 is 1.84 bits per heavy atom. The number of aryl methyl sites for hydroxylation is 2. The highest BCUT2D eigenvalue weighted by atomic mass is 32.2. The highest BCUT2D eigenvalue weighted by Gasteiger charge is 2.20. The van der Waals surface area contributed by atoms with Crippen LogP contribution in [-0.2, 0) is 17.6 Å². The van der Waals surface area contributed by atoms with E-state index in [0.29, 0.717) is 24.3 Å². The summed E-state index contributed by atoms with van der Waals surface area (Å²) in [6.07, 6.45) is 6.22. The van der Waals surface area contributed by atoms with Crippen molar-refractivity contribution in [2.45, 2.75) is 44.6 Å². The molecule has 0 unspecified atom stereocenters. The van der Waals surface area contributed by atoms with Gasteiger partial charge in [-0.15, -0.1) is 11.3 Å². The number of anilines is 1. The van der Waals surface area contributed by atoms with Crippen LogP contribution < -0.4 is 5.32 Å². The van der Waals surface area contributed by atoms with Crippen LogP contribution in [0.25, 0.3) is 10.2 Å². The Balaban J connectivity index is 1.40. The molecule has 2 amide bonds. The van der Waals surface area contributed by atoms with Crippen LogP contribution in [0.15, 0.2) is 35.6 Å². The Hall–Kier alpha value is -2.45. The van der Waals surface area contributed by atoms with E-state index in [1.54, 1.807) is 46.8 Å². The van der Waals surface area contributed by atoms with E-state index in [2.05, 4.69) is 15.3 Å². The van der Waals surface area contributed by atoms with Crippen molar-refractivity contribution in [2.24, 2.45) is 0 Å². The molecule has 1 aliphatic carbocycles. The fourth-order valence-electron chi connectivity index (χ4n) is 3.89. The lowest BCUT2D eigenvalue weighted by Crippen LogP contribution is -2.30. The first-order valence-corrected chi connectivity index (χ1v) is 12.5. The van der Waals surface area contributed by atoms with Crippen LogP contribution in [0, 0.1) is 0 Å². The summed E-state index contributed by atoms with van der Waals surface area (Å²) in [4.78, 5) is 38.1. The number of amides is 2. The molecule has 2 aromatic heterocycles. The summed E-state index contributed by atoms with van der Waals surface area (Å²) in [7, 11) is 0. The normalized spacial score (nSPS) is 13.1. The number of hydrogen-bond acceptors (Lipinski definition) is 6. The number of carbonyl (C=O) groups excluding carboxylic acids is 2. The first-order valence-electron chi connectivity index (χ1n) is 10.7. The van der Waals surface area contributed by atoms with E-state index < -0.39 is 0 Å². The average Bonchev–Trinajstić information content (AvgIpc) is 3.18. The Morgan fingerprint density at radius 3 is 2.58 bits per heavy atom. The van der Waals surface area contributed by atoms with Gasteiger partial charge in [-0.3, -0.25) is 9.59 Å². The van der Waals surface area contributed by atoms with Gasteiger partial charge >= 0.3 is 0 Å². The minimum Gasteiger partial charge on any atom is -0.339 e. The van der Waals surface area contributed by atoms with Crippen molar-refractivity contribution in [3.63, 3.8) is 0 Å². The van der Waals surface area contributed by atoms with Crippen molar-refractivity contribution in [1.29, 1.82) is 0 Å². The fraction of sp³-hybridized carbons (Fsp3) is 0.391. The van der Waals surface area contributed by atoms with Crippen molar-refractivity contribution in [1.82, 2.24) is 14.9 Å². The summed E-state index contributed by atoms with van der Waals surface area (Å²) in [6.45, 7) is 5.28. The standard InChI is InChI=1S/C23H26N4O2S2/c1-3-27(4-2)23(29)15-9-11-16(12-10-15)26-19(28)13-30-21-20-17-7-5-6-8-18(17)31-22(20)25-14-24-21/h9-12,14H,3-8,13H2,1-2H3,(H,26,28). The summed E-state index contributed by atoms with van der Waals surface area (Å²) >= 11 is 3.22. The van der Waals surface area contributed by atoms with Gasteiger partial charge in [0.1, 0.15) is 16.2 Å². The Kier molecular flexibility index (Phi) is 6.87. The van der Waals surface area contributed by atoms with Gasteiger partial charge in [0.25, 0.3) is 5.91 Å². The Morgan fingerprint density at radius 1 is 1.10 bits per heavy atom. The number of fused-ring (bicyclic) bond motifs is 3. The van der Waals surface area contributed by atoms with Gasteiger partial charge in [0.05, 0.1) is 5.75 Å². The van der Waals surface area contributed by atoms with Gasteiger partial charge in [0, 0.05) is 34.6 Å². The average molecular weight is 455 g/mol. The van der Waals surface area contributed by atoms with Crippen LogP contribution in [0.2, 0.25) is 0 Å². The zero-order valence-corrected chi connectivity index (χ0v) is 19.4. The lowest BCUT2D eigenvalue weighted by Gasteiger charge is -2.18. The largest absolute Gasteiger partial charge is 0.339 e. The van der Waals surface area contributed by atoms with Gasteiger partial charge < -0.3 is 10.2 Å². The topological polar surface area (TPSA) is 75.2 Å². The van der Waals surface area contributed by atoms with Crippen LogP contribution in [0.3, 0.4) is 0 Å². The van der Waals surface area contributed by atoms with Crippen LogP contribution >= 0.6 is 23.1 Å². The van der Waals surface area contributed by atoms with Crippen molar-refractivity contribution in [2.75, 3.05) is 24.2 Å². The molecule has 3 aromatic rings. The number of thioether (sulfide) groups is 1. The van der Waals surface area contributed by atoms with Gasteiger partial charge in [-0.1, -0.05) is 11.8 Å². The van der Waals surface area contributed by atoms with Crippen LogP contribution in [-0.4, -0.2) is 45.5 Å². The number of aromatic nitrogens is 2. The molecule has 162 valence electrons. The zero-order chi connectivity index (χ0) is 21.8. The highest BCUT2D eigenvalue weighted by molar-refractivity contribution is 8.00. The van der Waals surface area contributed by atoms with Crippen molar-refractivity contribution in [3.8, 4) is 0 Å². The monoisotopic (exact) mass is 454 g/mol. The van der Waals surface area contributed by atoms with Gasteiger partial charge in [-0.05, 0) is 69.4 Å². The third-order valence-corrected chi connectivity index (χ3v) is 7.71. The minimum absolute atomic E-state index is 0.00491. The maximum atomic E-state index is 12.5. The first-order chi connectivity index (χ1) is 15.1. The van der Waals surface area contributed by atoms with E-state index in [1.807, 2.05) is 13.8 Å². The predicted octanol–water partition coefficient (Wildman–Crippen LogP) is 4.78. The third-order valence-electron chi connectivity index (χ3n) is 5.52. The molecule has 1 aromatic carbocycles. The van der Waals surface area contributed by atoms with Gasteiger partial charge in [-0.2, -0.15) is 0 Å². The Labute approximate surface area is 190 Å². The Bertz CT molecular complexity index is 1090. The summed E-state index contributed by atoms with van der Waals surface area (Å²) in [5, 5.41) is 4.94. The quantitative estimate of drug-likeness (QED) is 0.411. The van der Waals surface area contributed by atoms with Crippen molar-refractivity contribution >= 4 is 50.8 Å². The molecule has 2 heterocycles. The maximum absolute atomic E-state index is 12.5. The molecule has 0 fully saturated rings. The van der Waals surface area contributed by atoms with Crippen LogP contribution in [0.5, 0.6) is 0 Å². The molecular weight excluding hydrogens is 428 g/mol. The molecule has 1 N–H and O–H groups in total. The molecule has 8 heteroatoms. The van der Waals surface area contributed by atoms with Crippen molar-refractivity contribution in [3.05, 3.63) is 46.6 Å². The smallest absolute Gasteiger partial charge is 0.253 e. The lowest BCUT2D eigenvalue weighted by atomic mass is 9.97. The maximum Gasteiger partial charge on any atom is 0.253 e. The van der Waals surface area contributed by atoms with E-state index >= 15 is 0 Å². The number of hydrogen-bond donors (Lipinski definition) is 1. The summed E-state index contributed by atoms with van der Waals surface area (Å²) in [5.74, 6) is 0.186.